The first kappa shape index (κ1) is 32.6. The number of nitrogens with zero attached hydrogens (tertiary/aromatic N) is 4. The zero-order valence-corrected chi connectivity index (χ0v) is 28.9. The van der Waals surface area contributed by atoms with Crippen LogP contribution in [0.3, 0.4) is 0 Å². The highest BCUT2D eigenvalue weighted by Crippen LogP contribution is 2.53. The summed E-state index contributed by atoms with van der Waals surface area (Å²) in [5.74, 6) is 2.40. The molecule has 11 nitrogen and oxygen atoms in total. The van der Waals surface area contributed by atoms with Crippen LogP contribution in [0.4, 0.5) is 4.79 Å². The lowest BCUT2D eigenvalue weighted by Gasteiger charge is -2.31. The monoisotopic (exact) mass is 663 g/mol. The number of imidazole rings is 2. The summed E-state index contributed by atoms with van der Waals surface area (Å²) in [5.41, 5.74) is 6.06. The van der Waals surface area contributed by atoms with E-state index in [2.05, 4.69) is 82.6 Å². The van der Waals surface area contributed by atoms with E-state index < -0.39 is 12.1 Å². The topological polar surface area (TPSA) is 136 Å². The molecule has 3 aliphatic rings. The van der Waals surface area contributed by atoms with Crippen molar-refractivity contribution in [3.63, 3.8) is 0 Å². The van der Waals surface area contributed by atoms with Crippen molar-refractivity contribution in [3.8, 4) is 33.6 Å². The van der Waals surface area contributed by atoms with E-state index in [1.165, 1.54) is 7.11 Å². The van der Waals surface area contributed by atoms with Crippen LogP contribution >= 0.6 is 0 Å². The van der Waals surface area contributed by atoms with Gasteiger partial charge in [0.2, 0.25) is 11.8 Å². The average Bonchev–Trinajstić information content (AvgIpc) is 3.54. The lowest BCUT2D eigenvalue weighted by Crippen LogP contribution is -2.52. The smallest absolute Gasteiger partial charge is 0.407 e. The Morgan fingerprint density at radius 1 is 0.796 bits per heavy atom. The van der Waals surface area contributed by atoms with Gasteiger partial charge in [-0.25, -0.2) is 14.8 Å². The molecule has 2 aromatic carbocycles. The first-order valence-corrected chi connectivity index (χ1v) is 17.3. The zero-order valence-electron chi connectivity index (χ0n) is 28.9. The van der Waals surface area contributed by atoms with Gasteiger partial charge in [0, 0.05) is 19.0 Å². The van der Waals surface area contributed by atoms with E-state index in [9.17, 15) is 14.4 Å². The Morgan fingerprint density at radius 2 is 1.31 bits per heavy atom. The van der Waals surface area contributed by atoms with Crippen LogP contribution < -0.4 is 5.32 Å². The largest absolute Gasteiger partial charge is 0.453 e. The molecule has 7 rings (SSSR count). The third kappa shape index (κ3) is 6.11. The van der Waals surface area contributed by atoms with Crippen LogP contribution in [0.15, 0.2) is 60.9 Å². The molecule has 1 aliphatic carbocycles. The maximum Gasteiger partial charge on any atom is 0.407 e. The molecule has 2 aliphatic heterocycles. The Hall–Kier alpha value is -4.93. The molecule has 3 N–H and O–H groups in total. The van der Waals surface area contributed by atoms with Crippen molar-refractivity contribution >= 4 is 17.9 Å². The SMILES string of the molecule is COC(=O)N[C@H](C(=O)N1[C@@H]2C[C@@H]2C[C@H]1c1ncc(-c2ccc(-c3ccc(-c4cnc([C@@H]5C[C@@H](C)[C@@H](C)N5C(C)=O)[nH]4)cc3)cc2)[nH]1)C(C)C. The zero-order chi connectivity index (χ0) is 34.6. The molecule has 0 spiro atoms. The number of amides is 3. The quantitative estimate of drug-likeness (QED) is 0.197. The van der Waals surface area contributed by atoms with E-state index >= 15 is 0 Å². The summed E-state index contributed by atoms with van der Waals surface area (Å²) in [7, 11) is 1.31. The number of aromatic amines is 2. The number of rotatable bonds is 8. The maximum atomic E-state index is 13.7. The first-order chi connectivity index (χ1) is 23.5. The Kier molecular flexibility index (Phi) is 8.54. The van der Waals surface area contributed by atoms with Gasteiger partial charge in [-0.3, -0.25) is 9.59 Å². The second-order valence-corrected chi connectivity index (χ2v) is 14.3. The molecule has 4 aromatic rings. The van der Waals surface area contributed by atoms with Gasteiger partial charge in [0.1, 0.15) is 17.7 Å². The summed E-state index contributed by atoms with van der Waals surface area (Å²) < 4.78 is 4.78. The minimum Gasteiger partial charge on any atom is -0.453 e. The third-order valence-electron chi connectivity index (χ3n) is 10.9. The van der Waals surface area contributed by atoms with E-state index in [-0.39, 0.29) is 41.9 Å². The number of aromatic nitrogens is 4. The van der Waals surface area contributed by atoms with E-state index in [0.717, 1.165) is 64.6 Å². The number of carbonyl (C=O) groups is 3. The van der Waals surface area contributed by atoms with Crippen LogP contribution in [0.1, 0.15) is 77.6 Å². The van der Waals surface area contributed by atoms with E-state index in [0.29, 0.717) is 11.8 Å². The summed E-state index contributed by atoms with van der Waals surface area (Å²) in [6, 6.07) is 16.3. The van der Waals surface area contributed by atoms with Crippen molar-refractivity contribution in [2.24, 2.45) is 17.8 Å². The molecule has 2 aromatic heterocycles. The van der Waals surface area contributed by atoms with Gasteiger partial charge in [-0.15, -0.1) is 0 Å². The van der Waals surface area contributed by atoms with Gasteiger partial charge in [0.25, 0.3) is 0 Å². The van der Waals surface area contributed by atoms with Crippen molar-refractivity contribution < 1.29 is 19.1 Å². The lowest BCUT2D eigenvalue weighted by molar-refractivity contribution is -0.136. The summed E-state index contributed by atoms with van der Waals surface area (Å²) in [6.07, 6.45) is 5.83. The number of H-pyrrole nitrogens is 2. The van der Waals surface area contributed by atoms with Crippen LogP contribution in [0.2, 0.25) is 0 Å². The Bertz CT molecular complexity index is 1850. The molecule has 4 heterocycles. The predicted octanol–water partition coefficient (Wildman–Crippen LogP) is 6.49. The Morgan fingerprint density at radius 3 is 1.80 bits per heavy atom. The second-order valence-electron chi connectivity index (χ2n) is 14.3. The maximum absolute atomic E-state index is 13.7. The molecule has 0 unspecified atom stereocenters. The molecule has 3 amide bonds. The Balaban J connectivity index is 1.03. The number of alkyl carbamates (subject to hydrolysis) is 1. The second kappa shape index (κ2) is 12.8. The summed E-state index contributed by atoms with van der Waals surface area (Å²) in [6.45, 7) is 9.79. The number of hydrogen-bond donors (Lipinski definition) is 3. The van der Waals surface area contributed by atoms with Gasteiger partial charge < -0.3 is 29.8 Å². The number of fused-ring (bicyclic) bond motifs is 1. The summed E-state index contributed by atoms with van der Waals surface area (Å²) >= 11 is 0. The first-order valence-electron chi connectivity index (χ1n) is 17.3. The van der Waals surface area contributed by atoms with Crippen LogP contribution in [0.25, 0.3) is 33.6 Å². The molecule has 49 heavy (non-hydrogen) atoms. The van der Waals surface area contributed by atoms with E-state index in [4.69, 9.17) is 9.72 Å². The standard InChI is InChI=1S/C38H45N7O4/c1-20(2)34(43-38(48)49-6)37(47)45-31-16-28(31)17-33(45)36-40-19-30(42-36)27-13-9-25(10-14-27)24-7-11-26(12-8-24)29-18-39-35(41-29)32-15-21(3)22(4)44(32)23(5)46/h7-14,18-22,28,31-34H,15-17H2,1-6H3,(H,39,41)(H,40,42)(H,43,48)/t21-,22-,28-,31-,32+,33+,34+/m1/s1. The van der Waals surface area contributed by atoms with Crippen molar-refractivity contribution in [1.29, 1.82) is 0 Å². The van der Waals surface area contributed by atoms with Crippen molar-refractivity contribution in [2.45, 2.75) is 84.1 Å². The molecule has 0 bridgehead atoms. The number of benzene rings is 2. The predicted molar refractivity (Wildman–Crippen MR) is 186 cm³/mol. The van der Waals surface area contributed by atoms with Crippen molar-refractivity contribution in [3.05, 3.63) is 72.6 Å². The van der Waals surface area contributed by atoms with Crippen molar-refractivity contribution in [1.82, 2.24) is 35.1 Å². The highest BCUT2D eigenvalue weighted by Gasteiger charge is 2.56. The fourth-order valence-corrected chi connectivity index (χ4v) is 7.84. The minimum atomic E-state index is -0.661. The van der Waals surface area contributed by atoms with Crippen molar-refractivity contribution in [2.75, 3.05) is 7.11 Å². The minimum absolute atomic E-state index is 0.0299. The summed E-state index contributed by atoms with van der Waals surface area (Å²) in [5, 5.41) is 2.73. The molecule has 7 atom stereocenters. The number of likely N-dealkylation sites (tertiary alicyclic amines) is 2. The Labute approximate surface area is 286 Å². The molecule has 0 radical (unpaired) electrons. The number of carbonyl (C=O) groups excluding carboxylic acids is 3. The number of hydrogen-bond acceptors (Lipinski definition) is 6. The number of methoxy groups -OCH3 is 1. The number of ether oxygens (including phenoxy) is 1. The lowest BCUT2D eigenvalue weighted by atomic mass is 10.0. The molecular weight excluding hydrogens is 618 g/mol. The third-order valence-corrected chi connectivity index (χ3v) is 10.9. The van der Waals surface area contributed by atoms with Crippen LogP contribution in [0, 0.1) is 17.8 Å². The molecule has 3 fully saturated rings. The fourth-order valence-electron chi connectivity index (χ4n) is 7.84. The number of nitrogens with one attached hydrogen (secondary N) is 3. The van der Waals surface area contributed by atoms with E-state index in [1.54, 1.807) is 6.92 Å². The van der Waals surface area contributed by atoms with Crippen LogP contribution in [0.5, 0.6) is 0 Å². The van der Waals surface area contributed by atoms with Gasteiger partial charge in [-0.1, -0.05) is 69.3 Å². The van der Waals surface area contributed by atoms with Gasteiger partial charge in [-0.05, 0) is 66.2 Å². The average molecular weight is 664 g/mol. The van der Waals surface area contributed by atoms with Gasteiger partial charge >= 0.3 is 6.09 Å². The van der Waals surface area contributed by atoms with Crippen LogP contribution in [-0.2, 0) is 14.3 Å². The van der Waals surface area contributed by atoms with Crippen LogP contribution in [-0.4, -0.2) is 72.9 Å². The number of piperidine rings is 1. The van der Waals surface area contributed by atoms with Gasteiger partial charge in [-0.2, -0.15) is 0 Å². The fraction of sp³-hybridized carbons (Fsp3) is 0.447. The molecule has 2 saturated heterocycles. The molecular formula is C38H45N7O4. The molecule has 256 valence electrons. The molecule has 1 saturated carbocycles. The highest BCUT2D eigenvalue weighted by molar-refractivity contribution is 5.87. The van der Waals surface area contributed by atoms with Gasteiger partial charge in [0.15, 0.2) is 0 Å². The highest BCUT2D eigenvalue weighted by atomic mass is 16.5. The van der Waals surface area contributed by atoms with E-state index in [1.807, 2.05) is 36.0 Å². The summed E-state index contributed by atoms with van der Waals surface area (Å²) in [4.78, 5) is 58.3. The van der Waals surface area contributed by atoms with Gasteiger partial charge in [0.05, 0.1) is 43.0 Å². The normalized spacial score (nSPS) is 25.0. The molecule has 11 heteroatoms.